The summed E-state index contributed by atoms with van der Waals surface area (Å²) in [5, 5.41) is 10.3. The molecule has 0 saturated carbocycles. The van der Waals surface area contributed by atoms with Crippen LogP contribution in [0, 0.1) is 0 Å². The standard InChI is InChI=1S/C14H17N3O3/c1-3-4-5-12(18)15-14-13(16-20-17-14)10-6-8-11(19-2)9-7-10/h6-9H,3-5H2,1-2H3,(H,15,17,18). The van der Waals surface area contributed by atoms with Gasteiger partial charge >= 0.3 is 0 Å². The monoisotopic (exact) mass is 275 g/mol. The summed E-state index contributed by atoms with van der Waals surface area (Å²) in [4.78, 5) is 11.7. The van der Waals surface area contributed by atoms with Crippen molar-refractivity contribution in [1.82, 2.24) is 10.3 Å². The molecule has 0 unspecified atom stereocenters. The molecule has 1 aromatic heterocycles. The van der Waals surface area contributed by atoms with Gasteiger partial charge in [0, 0.05) is 12.0 Å². The number of nitrogens with one attached hydrogen (secondary N) is 1. The van der Waals surface area contributed by atoms with Crippen LogP contribution < -0.4 is 10.1 Å². The summed E-state index contributed by atoms with van der Waals surface area (Å²) >= 11 is 0. The molecule has 0 fully saturated rings. The second-order valence-corrected chi connectivity index (χ2v) is 4.34. The van der Waals surface area contributed by atoms with Gasteiger partial charge in [-0.05, 0) is 41.0 Å². The zero-order valence-electron chi connectivity index (χ0n) is 11.5. The Hall–Kier alpha value is -2.37. The van der Waals surface area contributed by atoms with Crippen molar-refractivity contribution in [2.45, 2.75) is 26.2 Å². The molecule has 2 aromatic rings. The van der Waals surface area contributed by atoms with Crippen molar-refractivity contribution in [2.24, 2.45) is 0 Å². The van der Waals surface area contributed by atoms with E-state index in [1.807, 2.05) is 31.2 Å². The molecule has 0 saturated heterocycles. The quantitative estimate of drug-likeness (QED) is 0.877. The summed E-state index contributed by atoms with van der Waals surface area (Å²) in [7, 11) is 1.60. The number of anilines is 1. The van der Waals surface area contributed by atoms with Crippen LogP contribution in [0.15, 0.2) is 28.9 Å². The van der Waals surface area contributed by atoms with E-state index < -0.39 is 0 Å². The summed E-state index contributed by atoms with van der Waals surface area (Å²) in [5.74, 6) is 1.01. The molecule has 0 bridgehead atoms. The molecular formula is C14H17N3O3. The number of aromatic nitrogens is 2. The molecule has 0 aliphatic rings. The second-order valence-electron chi connectivity index (χ2n) is 4.34. The van der Waals surface area contributed by atoms with Gasteiger partial charge in [0.2, 0.25) is 11.7 Å². The molecule has 0 spiro atoms. The average molecular weight is 275 g/mol. The lowest BCUT2D eigenvalue weighted by molar-refractivity contribution is -0.116. The van der Waals surface area contributed by atoms with Crippen LogP contribution >= 0.6 is 0 Å². The molecule has 1 amide bonds. The molecule has 0 aliphatic heterocycles. The predicted octanol–water partition coefficient (Wildman–Crippen LogP) is 2.87. The Morgan fingerprint density at radius 1 is 1.30 bits per heavy atom. The lowest BCUT2D eigenvalue weighted by Gasteiger charge is -2.03. The molecule has 0 aliphatic carbocycles. The predicted molar refractivity (Wildman–Crippen MR) is 74.4 cm³/mol. The molecule has 1 N–H and O–H groups in total. The van der Waals surface area contributed by atoms with Crippen LogP contribution in [0.2, 0.25) is 0 Å². The van der Waals surface area contributed by atoms with E-state index in [2.05, 4.69) is 15.6 Å². The van der Waals surface area contributed by atoms with Gasteiger partial charge in [0.25, 0.3) is 0 Å². The minimum Gasteiger partial charge on any atom is -0.497 e. The minimum absolute atomic E-state index is 0.0858. The Labute approximate surface area is 117 Å². The van der Waals surface area contributed by atoms with E-state index in [1.165, 1.54) is 0 Å². The summed E-state index contributed by atoms with van der Waals surface area (Å²) in [5.41, 5.74) is 1.32. The molecule has 0 radical (unpaired) electrons. The fourth-order valence-corrected chi connectivity index (χ4v) is 1.74. The van der Waals surface area contributed by atoms with Crippen LogP contribution in [-0.4, -0.2) is 23.3 Å². The lowest BCUT2D eigenvalue weighted by Crippen LogP contribution is -2.11. The Morgan fingerprint density at radius 2 is 2.05 bits per heavy atom. The van der Waals surface area contributed by atoms with Crippen LogP contribution in [0.3, 0.4) is 0 Å². The number of methoxy groups -OCH3 is 1. The first-order valence-corrected chi connectivity index (χ1v) is 6.51. The molecular weight excluding hydrogens is 258 g/mol. The molecule has 0 atom stereocenters. The van der Waals surface area contributed by atoms with Gasteiger partial charge in [-0.1, -0.05) is 13.3 Å². The highest BCUT2D eigenvalue weighted by Crippen LogP contribution is 2.26. The van der Waals surface area contributed by atoms with Crippen molar-refractivity contribution in [2.75, 3.05) is 12.4 Å². The van der Waals surface area contributed by atoms with Crippen molar-refractivity contribution in [3.05, 3.63) is 24.3 Å². The number of benzene rings is 1. The van der Waals surface area contributed by atoms with Crippen molar-refractivity contribution in [3.63, 3.8) is 0 Å². The van der Waals surface area contributed by atoms with Gasteiger partial charge in [0.15, 0.2) is 5.69 Å². The first-order valence-electron chi connectivity index (χ1n) is 6.51. The smallest absolute Gasteiger partial charge is 0.225 e. The zero-order valence-corrected chi connectivity index (χ0v) is 11.5. The van der Waals surface area contributed by atoms with E-state index in [0.717, 1.165) is 24.2 Å². The lowest BCUT2D eigenvalue weighted by atomic mass is 10.1. The summed E-state index contributed by atoms with van der Waals surface area (Å²) in [6.07, 6.45) is 2.27. The molecule has 1 aromatic carbocycles. The third-order valence-corrected chi connectivity index (χ3v) is 2.87. The highest BCUT2D eigenvalue weighted by atomic mass is 16.6. The largest absolute Gasteiger partial charge is 0.497 e. The van der Waals surface area contributed by atoms with E-state index in [9.17, 15) is 4.79 Å². The van der Waals surface area contributed by atoms with Crippen molar-refractivity contribution in [3.8, 4) is 17.0 Å². The fourth-order valence-electron chi connectivity index (χ4n) is 1.74. The number of carbonyl (C=O) groups excluding carboxylic acids is 1. The number of ether oxygens (including phenoxy) is 1. The number of nitrogens with zero attached hydrogens (tertiary/aromatic N) is 2. The van der Waals surface area contributed by atoms with Gasteiger partial charge in [0.05, 0.1) is 7.11 Å². The Kier molecular flexibility index (Phi) is 4.70. The SMILES string of the molecule is CCCCC(=O)Nc1nonc1-c1ccc(OC)cc1. The Morgan fingerprint density at radius 3 is 2.70 bits per heavy atom. The molecule has 6 heteroatoms. The van der Waals surface area contributed by atoms with Crippen molar-refractivity contribution in [1.29, 1.82) is 0 Å². The van der Waals surface area contributed by atoms with Crippen LogP contribution in [0.5, 0.6) is 5.75 Å². The maximum Gasteiger partial charge on any atom is 0.225 e. The van der Waals surface area contributed by atoms with Gasteiger partial charge in [-0.3, -0.25) is 4.79 Å². The average Bonchev–Trinajstić information content (AvgIpc) is 2.93. The van der Waals surface area contributed by atoms with E-state index in [0.29, 0.717) is 17.9 Å². The van der Waals surface area contributed by atoms with Gasteiger partial charge in [-0.2, -0.15) is 0 Å². The molecule has 2 rings (SSSR count). The number of amides is 1. The van der Waals surface area contributed by atoms with Crippen LogP contribution in [-0.2, 0) is 4.79 Å². The normalized spacial score (nSPS) is 10.3. The van der Waals surface area contributed by atoms with Crippen molar-refractivity contribution < 1.29 is 14.2 Å². The van der Waals surface area contributed by atoms with Crippen LogP contribution in [0.1, 0.15) is 26.2 Å². The van der Waals surface area contributed by atoms with Gasteiger partial charge < -0.3 is 10.1 Å². The number of unbranched alkanes of at least 4 members (excludes halogenated alkanes) is 1. The Balaban J connectivity index is 2.13. The van der Waals surface area contributed by atoms with Crippen molar-refractivity contribution >= 4 is 11.7 Å². The molecule has 1 heterocycles. The van der Waals surface area contributed by atoms with Crippen LogP contribution in [0.4, 0.5) is 5.82 Å². The fraction of sp³-hybridized carbons (Fsp3) is 0.357. The molecule has 20 heavy (non-hydrogen) atoms. The minimum atomic E-state index is -0.0858. The highest BCUT2D eigenvalue weighted by Gasteiger charge is 2.14. The number of hydrogen-bond acceptors (Lipinski definition) is 5. The molecule has 106 valence electrons. The van der Waals surface area contributed by atoms with Crippen LogP contribution in [0.25, 0.3) is 11.3 Å². The van der Waals surface area contributed by atoms with Gasteiger partial charge in [-0.15, -0.1) is 0 Å². The number of carbonyl (C=O) groups is 1. The maximum atomic E-state index is 11.7. The molecule has 6 nitrogen and oxygen atoms in total. The topological polar surface area (TPSA) is 77.3 Å². The zero-order chi connectivity index (χ0) is 14.4. The van der Waals surface area contributed by atoms with Gasteiger partial charge in [0.1, 0.15) is 5.75 Å². The van der Waals surface area contributed by atoms with Gasteiger partial charge in [-0.25, -0.2) is 4.63 Å². The number of rotatable bonds is 6. The first-order chi connectivity index (χ1) is 9.74. The Bertz CT molecular complexity index is 563. The van der Waals surface area contributed by atoms with E-state index in [4.69, 9.17) is 9.37 Å². The maximum absolute atomic E-state index is 11.7. The third kappa shape index (κ3) is 3.34. The summed E-state index contributed by atoms with van der Waals surface area (Å²) in [6, 6.07) is 7.29. The first kappa shape index (κ1) is 14.0. The van der Waals surface area contributed by atoms with E-state index in [-0.39, 0.29) is 5.91 Å². The van der Waals surface area contributed by atoms with E-state index in [1.54, 1.807) is 7.11 Å². The summed E-state index contributed by atoms with van der Waals surface area (Å²) in [6.45, 7) is 2.04. The van der Waals surface area contributed by atoms with E-state index >= 15 is 0 Å². The summed E-state index contributed by atoms with van der Waals surface area (Å²) < 4.78 is 9.81. The second kappa shape index (κ2) is 6.70. The highest BCUT2D eigenvalue weighted by molar-refractivity contribution is 5.92. The number of hydrogen-bond donors (Lipinski definition) is 1. The third-order valence-electron chi connectivity index (χ3n) is 2.87.